The van der Waals surface area contributed by atoms with Crippen LogP contribution in [0.25, 0.3) is 0 Å². The lowest BCUT2D eigenvalue weighted by Gasteiger charge is -2.13. The van der Waals surface area contributed by atoms with Gasteiger partial charge in [0.1, 0.15) is 10.7 Å². The van der Waals surface area contributed by atoms with Crippen LogP contribution < -0.4 is 0 Å². The van der Waals surface area contributed by atoms with E-state index in [0.29, 0.717) is 0 Å². The first-order valence-electron chi connectivity index (χ1n) is 4.93. The predicted molar refractivity (Wildman–Crippen MR) is 69.8 cm³/mol. The Balaban J connectivity index is 2.45. The van der Waals surface area contributed by atoms with Gasteiger partial charge in [-0.3, -0.25) is 0 Å². The minimum Gasteiger partial charge on any atom is -0.383 e. The highest BCUT2D eigenvalue weighted by molar-refractivity contribution is 9.10. The number of aromatic nitrogens is 1. The van der Waals surface area contributed by atoms with Crippen molar-refractivity contribution >= 4 is 27.3 Å². The molecule has 1 N–H and O–H groups in total. The van der Waals surface area contributed by atoms with Crippen molar-refractivity contribution in [1.82, 2.24) is 4.98 Å². The summed E-state index contributed by atoms with van der Waals surface area (Å²) in [5.74, 6) is 0. The molecule has 1 aromatic carbocycles. The van der Waals surface area contributed by atoms with Crippen LogP contribution in [-0.4, -0.2) is 10.1 Å². The van der Waals surface area contributed by atoms with E-state index >= 15 is 0 Å². The summed E-state index contributed by atoms with van der Waals surface area (Å²) in [6, 6.07) is 6.10. The molecule has 2 nitrogen and oxygen atoms in total. The van der Waals surface area contributed by atoms with Crippen LogP contribution in [0.3, 0.4) is 0 Å². The molecule has 0 radical (unpaired) electrons. The zero-order valence-corrected chi connectivity index (χ0v) is 11.5. The molecule has 0 amide bonds. The molecule has 0 aliphatic carbocycles. The molecule has 1 heterocycles. The highest BCUT2D eigenvalue weighted by atomic mass is 79.9. The van der Waals surface area contributed by atoms with E-state index in [4.69, 9.17) is 0 Å². The zero-order chi connectivity index (χ0) is 11.7. The monoisotopic (exact) mass is 297 g/mol. The molecular weight excluding hydrogens is 286 g/mol. The average molecular weight is 298 g/mol. The van der Waals surface area contributed by atoms with Gasteiger partial charge in [0.15, 0.2) is 0 Å². The smallest absolute Gasteiger partial charge is 0.123 e. The maximum atomic E-state index is 10.3. The minimum absolute atomic E-state index is 0.596. The van der Waals surface area contributed by atoms with Crippen molar-refractivity contribution in [2.24, 2.45) is 0 Å². The van der Waals surface area contributed by atoms with Crippen molar-refractivity contribution in [3.05, 3.63) is 49.9 Å². The zero-order valence-electron chi connectivity index (χ0n) is 9.07. The van der Waals surface area contributed by atoms with Gasteiger partial charge in [0, 0.05) is 0 Å². The van der Waals surface area contributed by atoms with Gasteiger partial charge in [-0.1, -0.05) is 23.8 Å². The van der Waals surface area contributed by atoms with Crippen LogP contribution >= 0.6 is 27.3 Å². The number of benzene rings is 1. The fraction of sp³-hybridized carbons (Fsp3) is 0.250. The van der Waals surface area contributed by atoms with Crippen molar-refractivity contribution in [3.8, 4) is 0 Å². The lowest BCUT2D eigenvalue weighted by atomic mass is 10.0. The summed E-state index contributed by atoms with van der Waals surface area (Å²) in [5, 5.41) is 10.3. The molecule has 0 spiro atoms. The molecule has 0 aliphatic heterocycles. The minimum atomic E-state index is -0.596. The third-order valence-corrected chi connectivity index (χ3v) is 4.30. The van der Waals surface area contributed by atoms with E-state index in [2.05, 4.69) is 20.9 Å². The van der Waals surface area contributed by atoms with Crippen LogP contribution in [0.5, 0.6) is 0 Å². The fourth-order valence-electron chi connectivity index (χ4n) is 1.61. The Morgan fingerprint density at radius 3 is 2.75 bits per heavy atom. The summed E-state index contributed by atoms with van der Waals surface area (Å²) in [4.78, 5) is 4.95. The van der Waals surface area contributed by atoms with Crippen molar-refractivity contribution in [2.45, 2.75) is 20.0 Å². The number of aryl methyl sites for hydroxylation is 2. The molecule has 16 heavy (non-hydrogen) atoms. The largest absolute Gasteiger partial charge is 0.383 e. The van der Waals surface area contributed by atoms with E-state index < -0.39 is 6.10 Å². The molecule has 1 atom stereocenters. The molecule has 0 aliphatic rings. The van der Waals surface area contributed by atoms with Crippen molar-refractivity contribution < 1.29 is 5.11 Å². The Morgan fingerprint density at radius 1 is 1.38 bits per heavy atom. The van der Waals surface area contributed by atoms with Gasteiger partial charge in [0.25, 0.3) is 0 Å². The molecule has 0 saturated heterocycles. The van der Waals surface area contributed by atoms with Gasteiger partial charge in [-0.05, 0) is 40.9 Å². The van der Waals surface area contributed by atoms with Crippen LogP contribution in [0.2, 0.25) is 0 Å². The number of hydrogen-bond donors (Lipinski definition) is 1. The second-order valence-electron chi connectivity index (χ2n) is 3.77. The molecule has 2 rings (SSSR count). The first kappa shape index (κ1) is 11.8. The topological polar surface area (TPSA) is 33.1 Å². The third-order valence-electron chi connectivity index (χ3n) is 2.53. The van der Waals surface area contributed by atoms with E-state index in [1.54, 1.807) is 5.51 Å². The fourth-order valence-corrected chi connectivity index (χ4v) is 3.03. The predicted octanol–water partition coefficient (Wildman–Crippen LogP) is 3.60. The number of thiazole rings is 1. The molecule has 0 bridgehead atoms. The lowest BCUT2D eigenvalue weighted by Crippen LogP contribution is -2.01. The molecular formula is C12H12BrNOS. The molecule has 0 saturated carbocycles. The summed E-state index contributed by atoms with van der Waals surface area (Å²) in [6.45, 7) is 4.03. The SMILES string of the molecule is Cc1ccc(C)c(C(O)c2scnc2Br)c1. The second kappa shape index (κ2) is 4.65. The maximum absolute atomic E-state index is 10.3. The van der Waals surface area contributed by atoms with Crippen LogP contribution in [0, 0.1) is 13.8 Å². The van der Waals surface area contributed by atoms with Crippen LogP contribution in [0.4, 0.5) is 0 Å². The number of aliphatic hydroxyl groups excluding tert-OH is 1. The van der Waals surface area contributed by atoms with Gasteiger partial charge in [0.2, 0.25) is 0 Å². The van der Waals surface area contributed by atoms with Crippen LogP contribution in [-0.2, 0) is 0 Å². The number of rotatable bonds is 2. The number of aliphatic hydroxyl groups is 1. The Bertz CT molecular complexity index is 509. The lowest BCUT2D eigenvalue weighted by molar-refractivity contribution is 0.222. The molecule has 1 unspecified atom stereocenters. The highest BCUT2D eigenvalue weighted by Gasteiger charge is 2.17. The first-order valence-corrected chi connectivity index (χ1v) is 6.61. The van der Waals surface area contributed by atoms with Gasteiger partial charge in [-0.15, -0.1) is 11.3 Å². The second-order valence-corrected chi connectivity index (χ2v) is 5.41. The quantitative estimate of drug-likeness (QED) is 0.919. The maximum Gasteiger partial charge on any atom is 0.123 e. The van der Waals surface area contributed by atoms with Crippen molar-refractivity contribution in [3.63, 3.8) is 0 Å². The molecule has 1 aromatic heterocycles. The number of halogens is 1. The summed E-state index contributed by atoms with van der Waals surface area (Å²) < 4.78 is 0.728. The Kier molecular flexibility index (Phi) is 3.42. The van der Waals surface area contributed by atoms with Gasteiger partial charge < -0.3 is 5.11 Å². The normalized spacial score (nSPS) is 12.8. The Labute approximate surface area is 107 Å². The molecule has 0 fully saturated rings. The Morgan fingerprint density at radius 2 is 2.12 bits per heavy atom. The highest BCUT2D eigenvalue weighted by Crippen LogP contribution is 2.32. The van der Waals surface area contributed by atoms with Gasteiger partial charge in [-0.25, -0.2) is 4.98 Å². The summed E-state index contributed by atoms with van der Waals surface area (Å²) >= 11 is 4.81. The van der Waals surface area contributed by atoms with Gasteiger partial charge in [0.05, 0.1) is 10.4 Å². The summed E-state index contributed by atoms with van der Waals surface area (Å²) in [5.41, 5.74) is 4.93. The van der Waals surface area contributed by atoms with E-state index in [0.717, 1.165) is 26.2 Å². The summed E-state index contributed by atoms with van der Waals surface area (Å²) in [6.07, 6.45) is -0.596. The van der Waals surface area contributed by atoms with Gasteiger partial charge >= 0.3 is 0 Å². The van der Waals surface area contributed by atoms with E-state index in [1.807, 2.05) is 32.0 Å². The van der Waals surface area contributed by atoms with Crippen LogP contribution in [0.1, 0.15) is 27.7 Å². The van der Waals surface area contributed by atoms with Crippen LogP contribution in [0.15, 0.2) is 28.3 Å². The molecule has 2 aromatic rings. The Hall–Kier alpha value is -0.710. The van der Waals surface area contributed by atoms with Crippen molar-refractivity contribution in [1.29, 1.82) is 0 Å². The summed E-state index contributed by atoms with van der Waals surface area (Å²) in [7, 11) is 0. The average Bonchev–Trinajstić information content (AvgIpc) is 2.67. The van der Waals surface area contributed by atoms with Gasteiger partial charge in [-0.2, -0.15) is 0 Å². The first-order chi connectivity index (χ1) is 7.59. The molecule has 4 heteroatoms. The third kappa shape index (κ3) is 2.19. The van der Waals surface area contributed by atoms with E-state index in [1.165, 1.54) is 11.3 Å². The molecule has 84 valence electrons. The van der Waals surface area contributed by atoms with E-state index in [-0.39, 0.29) is 0 Å². The number of nitrogens with zero attached hydrogens (tertiary/aromatic N) is 1. The number of hydrogen-bond acceptors (Lipinski definition) is 3. The standard InChI is InChI=1S/C12H12BrNOS/c1-7-3-4-8(2)9(5-7)10(15)11-12(13)14-6-16-11/h3-6,10,15H,1-2H3. The van der Waals surface area contributed by atoms with E-state index in [9.17, 15) is 5.11 Å². The van der Waals surface area contributed by atoms with Crippen molar-refractivity contribution in [2.75, 3.05) is 0 Å².